The summed E-state index contributed by atoms with van der Waals surface area (Å²) in [4.78, 5) is 23.6. The lowest BCUT2D eigenvalue weighted by Crippen LogP contribution is -2.35. The number of phenolic OH excluding ortho intramolecular Hbond substituents is 1. The van der Waals surface area contributed by atoms with Gasteiger partial charge in [0, 0.05) is 6.54 Å². The number of benzene rings is 1. The normalized spacial score (nSPS) is 9.65. The third kappa shape index (κ3) is 3.34. The van der Waals surface area contributed by atoms with E-state index in [2.05, 4.69) is 6.58 Å². The van der Waals surface area contributed by atoms with E-state index in [0.717, 1.165) is 4.90 Å². The molecule has 1 aromatic rings. The first kappa shape index (κ1) is 12.8. The maximum atomic E-state index is 11.9. The van der Waals surface area contributed by atoms with Crippen molar-refractivity contribution in [3.63, 3.8) is 0 Å². The second-order valence-corrected chi connectivity index (χ2v) is 3.39. The van der Waals surface area contributed by atoms with Crippen LogP contribution in [0.15, 0.2) is 36.9 Å². The van der Waals surface area contributed by atoms with Crippen LogP contribution in [0.5, 0.6) is 5.75 Å². The molecular formula is C12H13NO4. The monoisotopic (exact) mass is 235 g/mol. The van der Waals surface area contributed by atoms with E-state index in [0.29, 0.717) is 0 Å². The van der Waals surface area contributed by atoms with Gasteiger partial charge in [-0.25, -0.2) is 0 Å². The van der Waals surface area contributed by atoms with Crippen molar-refractivity contribution >= 4 is 11.9 Å². The van der Waals surface area contributed by atoms with Crippen LogP contribution in [0, 0.1) is 0 Å². The lowest BCUT2D eigenvalue weighted by atomic mass is 10.1. The number of nitrogens with zero attached hydrogens (tertiary/aromatic N) is 1. The van der Waals surface area contributed by atoms with E-state index in [-0.39, 0.29) is 17.9 Å². The number of aromatic hydroxyl groups is 1. The molecule has 0 aliphatic heterocycles. The van der Waals surface area contributed by atoms with Crippen molar-refractivity contribution in [3.05, 3.63) is 42.5 Å². The maximum absolute atomic E-state index is 11.9. The fourth-order valence-corrected chi connectivity index (χ4v) is 1.36. The Morgan fingerprint density at radius 3 is 2.53 bits per heavy atom. The zero-order valence-corrected chi connectivity index (χ0v) is 9.17. The summed E-state index contributed by atoms with van der Waals surface area (Å²) in [6.07, 6.45) is 1.43. The minimum absolute atomic E-state index is 0.0793. The van der Waals surface area contributed by atoms with E-state index in [1.165, 1.54) is 18.2 Å². The smallest absolute Gasteiger partial charge is 0.323 e. The number of phenols is 1. The van der Waals surface area contributed by atoms with E-state index in [4.69, 9.17) is 5.11 Å². The summed E-state index contributed by atoms with van der Waals surface area (Å²) in [5.74, 6) is -1.82. The molecule has 0 spiro atoms. The average Bonchev–Trinajstić information content (AvgIpc) is 2.28. The molecular weight excluding hydrogens is 222 g/mol. The zero-order chi connectivity index (χ0) is 12.8. The van der Waals surface area contributed by atoms with Crippen LogP contribution in [0.3, 0.4) is 0 Å². The molecule has 0 radical (unpaired) electrons. The number of rotatable bonds is 5. The first-order chi connectivity index (χ1) is 8.06. The Labute approximate surface area is 98.6 Å². The van der Waals surface area contributed by atoms with Crippen LogP contribution in [0.25, 0.3) is 0 Å². The molecule has 0 saturated heterocycles. The largest absolute Gasteiger partial charge is 0.507 e. The van der Waals surface area contributed by atoms with Gasteiger partial charge in [0.2, 0.25) is 0 Å². The van der Waals surface area contributed by atoms with Crippen LogP contribution >= 0.6 is 0 Å². The van der Waals surface area contributed by atoms with Crippen LogP contribution in [0.4, 0.5) is 0 Å². The Morgan fingerprint density at radius 1 is 1.35 bits per heavy atom. The predicted molar refractivity (Wildman–Crippen MR) is 61.8 cm³/mol. The average molecular weight is 235 g/mol. The van der Waals surface area contributed by atoms with Crippen molar-refractivity contribution in [1.29, 1.82) is 0 Å². The Bertz CT molecular complexity index is 442. The van der Waals surface area contributed by atoms with E-state index in [1.54, 1.807) is 12.1 Å². The topological polar surface area (TPSA) is 77.8 Å². The number of carboxylic acid groups (broad SMARTS) is 1. The van der Waals surface area contributed by atoms with Gasteiger partial charge in [-0.1, -0.05) is 18.2 Å². The molecule has 0 heterocycles. The molecule has 0 unspecified atom stereocenters. The second-order valence-electron chi connectivity index (χ2n) is 3.39. The summed E-state index contributed by atoms with van der Waals surface area (Å²) in [5, 5.41) is 18.2. The van der Waals surface area contributed by atoms with Crippen LogP contribution in [-0.2, 0) is 4.79 Å². The molecule has 90 valence electrons. The number of carbonyl (C=O) groups is 2. The first-order valence-corrected chi connectivity index (χ1v) is 4.96. The number of carboxylic acids is 1. The fraction of sp³-hybridized carbons (Fsp3) is 0.167. The van der Waals surface area contributed by atoms with Gasteiger partial charge in [-0.3, -0.25) is 9.59 Å². The summed E-state index contributed by atoms with van der Waals surface area (Å²) in [6.45, 7) is 3.14. The lowest BCUT2D eigenvalue weighted by molar-refractivity contribution is -0.137. The molecule has 0 atom stereocenters. The van der Waals surface area contributed by atoms with E-state index in [9.17, 15) is 14.7 Å². The Kier molecular flexibility index (Phi) is 4.28. The predicted octanol–water partition coefficient (Wildman–Crippen LogP) is 1.10. The van der Waals surface area contributed by atoms with Crippen molar-refractivity contribution in [2.45, 2.75) is 0 Å². The SMILES string of the molecule is C=CCN(CC(=O)O)C(=O)c1ccccc1O. The number of amides is 1. The van der Waals surface area contributed by atoms with Gasteiger partial charge >= 0.3 is 5.97 Å². The Morgan fingerprint density at radius 2 is 2.00 bits per heavy atom. The first-order valence-electron chi connectivity index (χ1n) is 4.96. The molecule has 1 amide bonds. The number of aliphatic carboxylic acids is 1. The molecule has 5 nitrogen and oxygen atoms in total. The summed E-state index contributed by atoms with van der Waals surface area (Å²) < 4.78 is 0. The van der Waals surface area contributed by atoms with E-state index in [1.807, 2.05) is 0 Å². The molecule has 1 aromatic carbocycles. The van der Waals surface area contributed by atoms with Gasteiger partial charge in [0.15, 0.2) is 0 Å². The number of hydrogen-bond donors (Lipinski definition) is 2. The van der Waals surface area contributed by atoms with Crippen molar-refractivity contribution in [1.82, 2.24) is 4.90 Å². The van der Waals surface area contributed by atoms with Crippen molar-refractivity contribution in [3.8, 4) is 5.75 Å². The molecule has 0 bridgehead atoms. The zero-order valence-electron chi connectivity index (χ0n) is 9.17. The number of carbonyl (C=O) groups excluding carboxylic acids is 1. The van der Waals surface area contributed by atoms with Gasteiger partial charge in [-0.2, -0.15) is 0 Å². The molecule has 0 saturated carbocycles. The number of para-hydroxylation sites is 1. The van der Waals surface area contributed by atoms with E-state index < -0.39 is 18.4 Å². The summed E-state index contributed by atoms with van der Waals surface area (Å²) >= 11 is 0. The molecule has 1 rings (SSSR count). The van der Waals surface area contributed by atoms with Gasteiger partial charge in [0.25, 0.3) is 5.91 Å². The Hall–Kier alpha value is -2.30. The lowest BCUT2D eigenvalue weighted by Gasteiger charge is -2.19. The van der Waals surface area contributed by atoms with Crippen LogP contribution in [0.2, 0.25) is 0 Å². The van der Waals surface area contributed by atoms with E-state index >= 15 is 0 Å². The Balaban J connectivity index is 2.95. The minimum atomic E-state index is -1.12. The molecule has 0 fully saturated rings. The highest BCUT2D eigenvalue weighted by Crippen LogP contribution is 2.17. The summed E-state index contributed by atoms with van der Waals surface area (Å²) in [7, 11) is 0. The van der Waals surface area contributed by atoms with Crippen molar-refractivity contribution in [2.24, 2.45) is 0 Å². The highest BCUT2D eigenvalue weighted by atomic mass is 16.4. The van der Waals surface area contributed by atoms with Gasteiger partial charge < -0.3 is 15.1 Å². The fourth-order valence-electron chi connectivity index (χ4n) is 1.36. The van der Waals surface area contributed by atoms with Crippen LogP contribution < -0.4 is 0 Å². The van der Waals surface area contributed by atoms with Crippen molar-refractivity contribution < 1.29 is 19.8 Å². The molecule has 0 aliphatic carbocycles. The molecule has 17 heavy (non-hydrogen) atoms. The highest BCUT2D eigenvalue weighted by Gasteiger charge is 2.19. The quantitative estimate of drug-likeness (QED) is 0.749. The van der Waals surface area contributed by atoms with Gasteiger partial charge in [-0.05, 0) is 12.1 Å². The second kappa shape index (κ2) is 5.69. The van der Waals surface area contributed by atoms with Gasteiger partial charge in [0.05, 0.1) is 5.56 Å². The highest BCUT2D eigenvalue weighted by molar-refractivity contribution is 5.98. The number of hydrogen-bond acceptors (Lipinski definition) is 3. The third-order valence-electron chi connectivity index (χ3n) is 2.10. The third-order valence-corrected chi connectivity index (χ3v) is 2.10. The van der Waals surface area contributed by atoms with Gasteiger partial charge in [0.1, 0.15) is 12.3 Å². The molecule has 2 N–H and O–H groups in total. The van der Waals surface area contributed by atoms with Crippen molar-refractivity contribution in [2.75, 3.05) is 13.1 Å². The molecule has 0 aliphatic rings. The minimum Gasteiger partial charge on any atom is -0.507 e. The molecule has 5 heteroatoms. The van der Waals surface area contributed by atoms with Gasteiger partial charge in [-0.15, -0.1) is 6.58 Å². The molecule has 0 aromatic heterocycles. The summed E-state index contributed by atoms with van der Waals surface area (Å²) in [5.41, 5.74) is 0.0793. The van der Waals surface area contributed by atoms with Crippen LogP contribution in [-0.4, -0.2) is 40.1 Å². The summed E-state index contributed by atoms with van der Waals surface area (Å²) in [6, 6.07) is 6.00. The van der Waals surface area contributed by atoms with Crippen LogP contribution in [0.1, 0.15) is 10.4 Å². The standard InChI is InChI=1S/C12H13NO4/c1-2-7-13(8-11(15)16)12(17)9-5-3-4-6-10(9)14/h2-6,14H,1,7-8H2,(H,15,16). The maximum Gasteiger partial charge on any atom is 0.323 e.